The molecule has 2 rings (SSSR count). The average molecular weight is 394 g/mol. The van der Waals surface area contributed by atoms with E-state index < -0.39 is 10.0 Å². The van der Waals surface area contributed by atoms with E-state index in [0.29, 0.717) is 5.03 Å². The van der Waals surface area contributed by atoms with Crippen LogP contribution in [0.2, 0.25) is 0 Å². The van der Waals surface area contributed by atoms with Crippen LogP contribution >= 0.6 is 11.8 Å². The highest BCUT2D eigenvalue weighted by molar-refractivity contribution is 7.99. The number of amides is 1. The number of hydrogen-bond donors (Lipinski definition) is 0. The van der Waals surface area contributed by atoms with Gasteiger partial charge < -0.3 is 4.90 Å². The van der Waals surface area contributed by atoms with Gasteiger partial charge in [-0.25, -0.2) is 17.7 Å². The van der Waals surface area contributed by atoms with Gasteiger partial charge in [0.1, 0.15) is 4.90 Å². The molecule has 0 fully saturated rings. The Morgan fingerprint density at radius 2 is 1.77 bits per heavy atom. The van der Waals surface area contributed by atoms with Gasteiger partial charge in [-0.2, -0.15) is 0 Å². The molecular weight excluding hydrogens is 370 g/mol. The molecule has 1 aromatic carbocycles. The van der Waals surface area contributed by atoms with Crippen LogP contribution in [0.1, 0.15) is 18.5 Å². The second kappa shape index (κ2) is 8.66. The summed E-state index contributed by atoms with van der Waals surface area (Å²) in [4.78, 5) is 18.4. The number of nitrogens with zero attached hydrogens (tertiary/aromatic N) is 3. The predicted octanol–water partition coefficient (Wildman–Crippen LogP) is 2.64. The first-order chi connectivity index (χ1) is 12.2. The summed E-state index contributed by atoms with van der Waals surface area (Å²) in [7, 11) is 1.23. The van der Waals surface area contributed by atoms with Gasteiger partial charge in [0.2, 0.25) is 15.9 Å². The molecule has 26 heavy (non-hydrogen) atoms. The number of thioether (sulfide) groups is 1. The van der Waals surface area contributed by atoms with Crippen LogP contribution in [0.5, 0.6) is 0 Å². The standard InChI is InChI=1S/C18H23N3O3S2/c1-14(15-8-6-5-7-9-15)21(4)18(22)13-25-17-11-10-16(12-19-17)26(23,24)20(2)3/h5-12,14H,13H2,1-4H3/t14-/m0/s1. The molecule has 1 atom stereocenters. The summed E-state index contributed by atoms with van der Waals surface area (Å²) in [5, 5.41) is 0.608. The smallest absolute Gasteiger partial charge is 0.244 e. The van der Waals surface area contributed by atoms with Crippen molar-refractivity contribution in [2.24, 2.45) is 0 Å². The SMILES string of the molecule is C[C@@H](c1ccccc1)N(C)C(=O)CSc1ccc(S(=O)(=O)N(C)C)cn1. The minimum atomic E-state index is -3.49. The van der Waals surface area contributed by atoms with Gasteiger partial charge in [0, 0.05) is 27.3 Å². The van der Waals surface area contributed by atoms with Crippen LogP contribution in [0.25, 0.3) is 0 Å². The molecule has 0 aliphatic carbocycles. The zero-order valence-electron chi connectivity index (χ0n) is 15.3. The molecule has 0 N–H and O–H groups in total. The largest absolute Gasteiger partial charge is 0.338 e. The number of carbonyl (C=O) groups is 1. The van der Waals surface area contributed by atoms with Crippen LogP contribution in [-0.4, -0.2) is 55.4 Å². The summed E-state index contributed by atoms with van der Waals surface area (Å²) >= 11 is 1.29. The lowest BCUT2D eigenvalue weighted by Crippen LogP contribution is -2.31. The van der Waals surface area contributed by atoms with E-state index in [2.05, 4.69) is 4.98 Å². The molecule has 0 saturated heterocycles. The van der Waals surface area contributed by atoms with Gasteiger partial charge >= 0.3 is 0 Å². The van der Waals surface area contributed by atoms with E-state index in [1.54, 1.807) is 18.0 Å². The lowest BCUT2D eigenvalue weighted by Gasteiger charge is -2.25. The van der Waals surface area contributed by atoms with Crippen LogP contribution in [0, 0.1) is 0 Å². The van der Waals surface area contributed by atoms with Gasteiger partial charge in [0.05, 0.1) is 16.8 Å². The van der Waals surface area contributed by atoms with Crippen LogP contribution in [-0.2, 0) is 14.8 Å². The van der Waals surface area contributed by atoms with Gasteiger partial charge in [-0.05, 0) is 24.6 Å². The second-order valence-electron chi connectivity index (χ2n) is 6.00. The van der Waals surface area contributed by atoms with Crippen molar-refractivity contribution in [1.29, 1.82) is 0 Å². The Balaban J connectivity index is 1.97. The van der Waals surface area contributed by atoms with E-state index in [9.17, 15) is 13.2 Å². The maximum atomic E-state index is 12.4. The van der Waals surface area contributed by atoms with Gasteiger partial charge in [-0.1, -0.05) is 42.1 Å². The molecule has 0 spiro atoms. The molecular formula is C18H23N3O3S2. The van der Waals surface area contributed by atoms with Crippen molar-refractivity contribution in [3.05, 3.63) is 54.2 Å². The van der Waals surface area contributed by atoms with Crippen molar-refractivity contribution in [3.8, 4) is 0 Å². The lowest BCUT2D eigenvalue weighted by molar-refractivity contribution is -0.128. The first-order valence-corrected chi connectivity index (χ1v) is 10.5. The minimum absolute atomic E-state index is 0.0156. The lowest BCUT2D eigenvalue weighted by atomic mass is 10.1. The third-order valence-electron chi connectivity index (χ3n) is 4.09. The summed E-state index contributed by atoms with van der Waals surface area (Å²) in [6.07, 6.45) is 1.32. The molecule has 6 nitrogen and oxygen atoms in total. The fourth-order valence-corrected chi connectivity index (χ4v) is 3.84. The molecule has 140 valence electrons. The summed E-state index contributed by atoms with van der Waals surface area (Å²) in [5.74, 6) is 0.221. The Morgan fingerprint density at radius 3 is 2.31 bits per heavy atom. The Kier molecular flexibility index (Phi) is 6.80. The molecule has 0 unspecified atom stereocenters. The van der Waals surface area contributed by atoms with Crippen molar-refractivity contribution in [1.82, 2.24) is 14.2 Å². The first-order valence-electron chi connectivity index (χ1n) is 8.05. The first kappa shape index (κ1) is 20.4. The summed E-state index contributed by atoms with van der Waals surface area (Å²) in [6.45, 7) is 1.98. The highest BCUT2D eigenvalue weighted by Gasteiger charge is 2.19. The van der Waals surface area contributed by atoms with E-state index in [1.165, 1.54) is 38.1 Å². The Morgan fingerprint density at radius 1 is 1.12 bits per heavy atom. The predicted molar refractivity (Wildman–Crippen MR) is 103 cm³/mol. The van der Waals surface area contributed by atoms with Gasteiger partial charge in [0.15, 0.2) is 0 Å². The molecule has 2 aromatic rings. The van der Waals surface area contributed by atoms with E-state index >= 15 is 0 Å². The van der Waals surface area contributed by atoms with Crippen molar-refractivity contribution >= 4 is 27.7 Å². The zero-order valence-corrected chi connectivity index (χ0v) is 16.9. The number of hydrogen-bond acceptors (Lipinski definition) is 5. The highest BCUT2D eigenvalue weighted by Crippen LogP contribution is 2.22. The van der Waals surface area contributed by atoms with Crippen LogP contribution in [0.4, 0.5) is 0 Å². The molecule has 0 aliphatic rings. The molecule has 1 amide bonds. The van der Waals surface area contributed by atoms with Gasteiger partial charge in [0.25, 0.3) is 0 Å². The van der Waals surface area contributed by atoms with Gasteiger partial charge in [-0.3, -0.25) is 4.79 Å². The molecule has 1 aromatic heterocycles. The number of benzene rings is 1. The fraction of sp³-hybridized carbons (Fsp3) is 0.333. The van der Waals surface area contributed by atoms with Crippen LogP contribution < -0.4 is 0 Å². The average Bonchev–Trinajstić information content (AvgIpc) is 2.65. The normalized spacial score (nSPS) is 12.8. The molecule has 0 radical (unpaired) electrons. The highest BCUT2D eigenvalue weighted by atomic mass is 32.2. The second-order valence-corrected chi connectivity index (χ2v) is 9.15. The van der Waals surface area contributed by atoms with E-state index in [4.69, 9.17) is 0 Å². The Labute approximate surface area is 159 Å². The third-order valence-corrected chi connectivity index (χ3v) is 6.81. The maximum absolute atomic E-state index is 12.4. The Hall–Kier alpha value is -1.90. The van der Waals surface area contributed by atoms with Crippen molar-refractivity contribution in [2.75, 3.05) is 26.9 Å². The van der Waals surface area contributed by atoms with E-state index in [0.717, 1.165) is 9.87 Å². The molecule has 1 heterocycles. The molecule has 0 saturated carbocycles. The minimum Gasteiger partial charge on any atom is -0.338 e. The van der Waals surface area contributed by atoms with Gasteiger partial charge in [-0.15, -0.1) is 0 Å². The summed E-state index contributed by atoms with van der Waals surface area (Å²) in [5.41, 5.74) is 1.07. The zero-order chi connectivity index (χ0) is 19.3. The van der Waals surface area contributed by atoms with Crippen molar-refractivity contribution in [3.63, 3.8) is 0 Å². The Bertz CT molecular complexity index is 838. The molecule has 0 bridgehead atoms. The van der Waals surface area contributed by atoms with Crippen molar-refractivity contribution in [2.45, 2.75) is 22.9 Å². The number of sulfonamides is 1. The van der Waals surface area contributed by atoms with E-state index in [-0.39, 0.29) is 22.6 Å². The number of aromatic nitrogens is 1. The summed E-state index contributed by atoms with van der Waals surface area (Å²) in [6, 6.07) is 12.9. The van der Waals surface area contributed by atoms with E-state index in [1.807, 2.05) is 37.3 Å². The maximum Gasteiger partial charge on any atom is 0.244 e. The topological polar surface area (TPSA) is 70.6 Å². The quantitative estimate of drug-likeness (QED) is 0.677. The molecule has 0 aliphatic heterocycles. The number of carbonyl (C=O) groups excluding carboxylic acids is 1. The molecule has 8 heteroatoms. The fourth-order valence-electron chi connectivity index (χ4n) is 2.22. The number of rotatable bonds is 7. The van der Waals surface area contributed by atoms with Crippen LogP contribution in [0.3, 0.4) is 0 Å². The third kappa shape index (κ3) is 4.84. The summed E-state index contributed by atoms with van der Waals surface area (Å²) < 4.78 is 25.2. The van der Waals surface area contributed by atoms with Crippen LogP contribution in [0.15, 0.2) is 58.6 Å². The monoisotopic (exact) mass is 393 g/mol. The number of pyridine rings is 1. The van der Waals surface area contributed by atoms with Crippen molar-refractivity contribution < 1.29 is 13.2 Å².